The molecule has 1 aromatic rings. The van der Waals surface area contributed by atoms with Crippen molar-refractivity contribution in [2.24, 2.45) is 0 Å². The molecule has 4 nitrogen and oxygen atoms in total. The quantitative estimate of drug-likeness (QED) is 0.793. The van der Waals surface area contributed by atoms with E-state index in [2.05, 4.69) is 17.2 Å². The molecule has 1 atom stereocenters. The van der Waals surface area contributed by atoms with Gasteiger partial charge in [0.25, 0.3) is 5.91 Å². The zero-order chi connectivity index (χ0) is 13.5. The molecule has 0 bridgehead atoms. The summed E-state index contributed by atoms with van der Waals surface area (Å²) < 4.78 is 5.50. The third-order valence-corrected chi connectivity index (χ3v) is 3.12. The number of carbonyl (C=O) groups excluding carboxylic acids is 1. The zero-order valence-corrected chi connectivity index (χ0v) is 11.0. The average Bonchev–Trinajstić information content (AvgIpc) is 2.46. The second-order valence-corrected chi connectivity index (χ2v) is 4.61. The number of para-hydroxylation sites is 1. The zero-order valence-electron chi connectivity index (χ0n) is 11.0. The highest BCUT2D eigenvalue weighted by atomic mass is 16.5. The second-order valence-electron chi connectivity index (χ2n) is 4.61. The van der Waals surface area contributed by atoms with Crippen molar-refractivity contribution in [3.8, 4) is 5.75 Å². The van der Waals surface area contributed by atoms with E-state index in [0.29, 0.717) is 17.9 Å². The maximum atomic E-state index is 12.3. The largest absolute Gasteiger partial charge is 0.489 e. The van der Waals surface area contributed by atoms with Gasteiger partial charge in [-0.05, 0) is 31.5 Å². The Bertz CT molecular complexity index is 440. The number of hydrogen-bond acceptors (Lipinski definition) is 3. The number of rotatable bonds is 5. The van der Waals surface area contributed by atoms with Crippen molar-refractivity contribution in [3.05, 3.63) is 42.5 Å². The monoisotopic (exact) mass is 260 g/mol. The minimum absolute atomic E-state index is 0.0756. The van der Waals surface area contributed by atoms with Crippen LogP contribution in [0.2, 0.25) is 0 Å². The molecule has 19 heavy (non-hydrogen) atoms. The molecule has 0 saturated carbocycles. The van der Waals surface area contributed by atoms with E-state index in [0.717, 1.165) is 25.9 Å². The van der Waals surface area contributed by atoms with Gasteiger partial charge >= 0.3 is 0 Å². The summed E-state index contributed by atoms with van der Waals surface area (Å²) in [5, 5.41) is 6.33. The fourth-order valence-electron chi connectivity index (χ4n) is 2.17. The molecular formula is C15H20N2O2. The van der Waals surface area contributed by atoms with Crippen molar-refractivity contribution in [2.75, 3.05) is 19.7 Å². The molecule has 1 fully saturated rings. The van der Waals surface area contributed by atoms with Crippen molar-refractivity contribution in [1.82, 2.24) is 10.6 Å². The average molecular weight is 260 g/mol. The lowest BCUT2D eigenvalue weighted by Gasteiger charge is -2.24. The lowest BCUT2D eigenvalue weighted by molar-refractivity contribution is 0.0927. The minimum atomic E-state index is -0.0756. The van der Waals surface area contributed by atoms with Gasteiger partial charge in [0.15, 0.2) is 0 Å². The number of nitrogens with one attached hydrogen (secondary N) is 2. The minimum Gasteiger partial charge on any atom is -0.489 e. The van der Waals surface area contributed by atoms with E-state index in [9.17, 15) is 4.79 Å². The van der Waals surface area contributed by atoms with Gasteiger partial charge in [0.2, 0.25) is 0 Å². The molecule has 1 saturated heterocycles. The van der Waals surface area contributed by atoms with Crippen LogP contribution in [0, 0.1) is 0 Å². The molecule has 4 heteroatoms. The summed E-state index contributed by atoms with van der Waals surface area (Å²) in [6.45, 7) is 5.88. The van der Waals surface area contributed by atoms with Crippen molar-refractivity contribution in [3.63, 3.8) is 0 Å². The van der Waals surface area contributed by atoms with E-state index in [1.54, 1.807) is 18.2 Å². The van der Waals surface area contributed by atoms with Gasteiger partial charge in [-0.2, -0.15) is 0 Å². The number of amides is 1. The molecule has 0 aromatic heterocycles. The lowest BCUT2D eigenvalue weighted by Crippen LogP contribution is -2.45. The van der Waals surface area contributed by atoms with Crippen LogP contribution in [-0.4, -0.2) is 31.6 Å². The van der Waals surface area contributed by atoms with Crippen LogP contribution in [0.1, 0.15) is 23.2 Å². The van der Waals surface area contributed by atoms with Gasteiger partial charge in [0, 0.05) is 12.6 Å². The predicted molar refractivity (Wildman–Crippen MR) is 75.5 cm³/mol. The molecule has 0 spiro atoms. The maximum Gasteiger partial charge on any atom is 0.255 e. The summed E-state index contributed by atoms with van der Waals surface area (Å²) >= 11 is 0. The lowest BCUT2D eigenvalue weighted by atomic mass is 10.1. The Kier molecular flexibility index (Phi) is 4.98. The normalized spacial score (nSPS) is 18.6. The van der Waals surface area contributed by atoms with E-state index in [4.69, 9.17) is 4.74 Å². The Labute approximate surface area is 113 Å². The molecule has 1 heterocycles. The molecule has 2 N–H and O–H groups in total. The summed E-state index contributed by atoms with van der Waals surface area (Å²) in [6, 6.07) is 7.49. The van der Waals surface area contributed by atoms with Crippen molar-refractivity contribution < 1.29 is 9.53 Å². The van der Waals surface area contributed by atoms with Gasteiger partial charge < -0.3 is 15.4 Å². The summed E-state index contributed by atoms with van der Waals surface area (Å²) in [5.41, 5.74) is 0.579. The van der Waals surface area contributed by atoms with Crippen LogP contribution in [0.25, 0.3) is 0 Å². The number of benzene rings is 1. The smallest absolute Gasteiger partial charge is 0.255 e. The third kappa shape index (κ3) is 3.83. The SMILES string of the molecule is C=CCOc1ccccc1C(=O)N[C@H]1CCCNC1. The Balaban J connectivity index is 2.02. The van der Waals surface area contributed by atoms with E-state index in [-0.39, 0.29) is 11.9 Å². The van der Waals surface area contributed by atoms with Crippen LogP contribution < -0.4 is 15.4 Å². The van der Waals surface area contributed by atoms with E-state index < -0.39 is 0 Å². The van der Waals surface area contributed by atoms with Gasteiger partial charge in [-0.1, -0.05) is 24.8 Å². The summed E-state index contributed by atoms with van der Waals surface area (Å²) in [7, 11) is 0. The Hall–Kier alpha value is -1.81. The van der Waals surface area contributed by atoms with E-state index >= 15 is 0 Å². The number of ether oxygens (including phenoxy) is 1. The molecule has 1 aliphatic rings. The van der Waals surface area contributed by atoms with Crippen molar-refractivity contribution in [2.45, 2.75) is 18.9 Å². The number of carbonyl (C=O) groups is 1. The number of piperidine rings is 1. The standard InChI is InChI=1S/C15H20N2O2/c1-2-10-19-14-8-4-3-7-13(14)15(18)17-12-6-5-9-16-11-12/h2-4,7-8,12,16H,1,5-6,9-11H2,(H,17,18)/t12-/m0/s1. The third-order valence-electron chi connectivity index (χ3n) is 3.12. The molecule has 0 aliphatic carbocycles. The first-order chi connectivity index (χ1) is 9.31. The van der Waals surface area contributed by atoms with Crippen LogP contribution >= 0.6 is 0 Å². The van der Waals surface area contributed by atoms with Gasteiger partial charge in [-0.15, -0.1) is 0 Å². The summed E-state index contributed by atoms with van der Waals surface area (Å²) in [4.78, 5) is 12.3. The highest BCUT2D eigenvalue weighted by Gasteiger charge is 2.18. The summed E-state index contributed by atoms with van der Waals surface area (Å²) in [6.07, 6.45) is 3.79. The predicted octanol–water partition coefficient (Wildman–Crippen LogP) is 1.73. The first-order valence-electron chi connectivity index (χ1n) is 6.65. The maximum absolute atomic E-state index is 12.3. The topological polar surface area (TPSA) is 50.4 Å². The van der Waals surface area contributed by atoms with Gasteiger partial charge in [0.05, 0.1) is 5.56 Å². The highest BCUT2D eigenvalue weighted by Crippen LogP contribution is 2.18. The fourth-order valence-corrected chi connectivity index (χ4v) is 2.17. The Morgan fingerprint density at radius 1 is 1.53 bits per heavy atom. The second kappa shape index (κ2) is 6.95. The molecule has 0 radical (unpaired) electrons. The van der Waals surface area contributed by atoms with Crippen LogP contribution in [-0.2, 0) is 0 Å². The molecule has 2 rings (SSSR count). The Morgan fingerprint density at radius 3 is 3.11 bits per heavy atom. The first-order valence-corrected chi connectivity index (χ1v) is 6.65. The van der Waals surface area contributed by atoms with Crippen molar-refractivity contribution >= 4 is 5.91 Å². The van der Waals surface area contributed by atoms with E-state index in [1.165, 1.54) is 0 Å². The summed E-state index contributed by atoms with van der Waals surface area (Å²) in [5.74, 6) is 0.525. The molecule has 102 valence electrons. The molecule has 1 aliphatic heterocycles. The van der Waals surface area contributed by atoms with Gasteiger partial charge in [-0.25, -0.2) is 0 Å². The van der Waals surface area contributed by atoms with Gasteiger partial charge in [-0.3, -0.25) is 4.79 Å². The fraction of sp³-hybridized carbons (Fsp3) is 0.400. The van der Waals surface area contributed by atoms with Crippen LogP contribution in [0.5, 0.6) is 5.75 Å². The van der Waals surface area contributed by atoms with Crippen LogP contribution in [0.15, 0.2) is 36.9 Å². The molecule has 0 unspecified atom stereocenters. The van der Waals surface area contributed by atoms with Gasteiger partial charge in [0.1, 0.15) is 12.4 Å². The first kappa shape index (κ1) is 13.6. The van der Waals surface area contributed by atoms with Crippen LogP contribution in [0.3, 0.4) is 0 Å². The molecule has 1 aromatic carbocycles. The van der Waals surface area contributed by atoms with Crippen LogP contribution in [0.4, 0.5) is 0 Å². The Morgan fingerprint density at radius 2 is 2.37 bits per heavy atom. The highest BCUT2D eigenvalue weighted by molar-refractivity contribution is 5.97. The van der Waals surface area contributed by atoms with Crippen molar-refractivity contribution in [1.29, 1.82) is 0 Å². The molecule has 1 amide bonds. The number of hydrogen-bond donors (Lipinski definition) is 2. The molecular weight excluding hydrogens is 240 g/mol. The van der Waals surface area contributed by atoms with E-state index in [1.807, 2.05) is 12.1 Å².